The quantitative estimate of drug-likeness (QED) is 0.457. The van der Waals surface area contributed by atoms with Crippen molar-refractivity contribution in [1.29, 1.82) is 0 Å². The number of hydrogen-bond donors (Lipinski definition) is 1. The van der Waals surface area contributed by atoms with Crippen LogP contribution in [0.3, 0.4) is 0 Å². The molecular weight excluding hydrogens is 444 g/mol. The number of ether oxygens (including phenoxy) is 2. The van der Waals surface area contributed by atoms with Gasteiger partial charge < -0.3 is 19.1 Å². The number of esters is 1. The van der Waals surface area contributed by atoms with E-state index >= 15 is 0 Å². The Hall–Kier alpha value is -2.25. The molecule has 3 heterocycles. The van der Waals surface area contributed by atoms with E-state index in [1.165, 1.54) is 0 Å². The number of cyclic esters (lactones) is 1. The lowest BCUT2D eigenvalue weighted by atomic mass is 9.74. The molecule has 1 aromatic carbocycles. The first kappa shape index (κ1) is 25.8. The molecule has 6 atom stereocenters. The normalized spacial score (nSPS) is 34.9. The molecule has 0 bridgehead atoms. The molecule has 0 saturated carbocycles. The van der Waals surface area contributed by atoms with E-state index in [2.05, 4.69) is 11.9 Å². The second-order valence-corrected chi connectivity index (χ2v) is 11.6. The van der Waals surface area contributed by atoms with Crippen LogP contribution in [0.5, 0.6) is 0 Å². The van der Waals surface area contributed by atoms with E-state index < -0.39 is 23.5 Å². The number of aliphatic hydroxyl groups excluding tert-OH is 1. The number of hydrogen-bond acceptors (Lipinski definition) is 6. The first-order chi connectivity index (χ1) is 16.4. The van der Waals surface area contributed by atoms with Gasteiger partial charge in [-0.3, -0.25) is 9.59 Å². The van der Waals surface area contributed by atoms with Crippen molar-refractivity contribution in [2.24, 2.45) is 24.3 Å². The molecule has 1 N–H and O–H groups in total. The number of Topliss-reactive ketones (excluding diaryl/α,β-unsaturated/α-hetero) is 1. The summed E-state index contributed by atoms with van der Waals surface area (Å²) in [5.41, 5.74) is 1.80. The Morgan fingerprint density at radius 2 is 1.89 bits per heavy atom. The van der Waals surface area contributed by atoms with E-state index in [9.17, 15) is 14.7 Å². The fourth-order valence-corrected chi connectivity index (χ4v) is 5.57. The third-order valence-corrected chi connectivity index (χ3v) is 8.32. The van der Waals surface area contributed by atoms with E-state index in [4.69, 9.17) is 9.47 Å². The summed E-state index contributed by atoms with van der Waals surface area (Å²) in [7, 11) is 1.95. The van der Waals surface area contributed by atoms with Crippen molar-refractivity contribution in [2.75, 3.05) is 0 Å². The summed E-state index contributed by atoms with van der Waals surface area (Å²) in [5.74, 6) is -0.803. The lowest BCUT2D eigenvalue weighted by Gasteiger charge is -2.31. The van der Waals surface area contributed by atoms with Crippen LogP contribution in [0.2, 0.25) is 0 Å². The van der Waals surface area contributed by atoms with Crippen molar-refractivity contribution in [2.45, 2.75) is 97.1 Å². The monoisotopic (exact) mass is 484 g/mol. The number of nitrogens with zero attached hydrogens (tertiary/aromatic N) is 2. The Morgan fingerprint density at radius 1 is 1.14 bits per heavy atom. The fourth-order valence-electron chi connectivity index (χ4n) is 5.57. The van der Waals surface area contributed by atoms with Crippen LogP contribution in [0.25, 0.3) is 11.0 Å². The number of ketones is 1. The lowest BCUT2D eigenvalue weighted by Crippen LogP contribution is -2.39. The molecule has 4 rings (SSSR count). The summed E-state index contributed by atoms with van der Waals surface area (Å²) in [6.45, 7) is 9.64. The predicted molar refractivity (Wildman–Crippen MR) is 134 cm³/mol. The van der Waals surface area contributed by atoms with E-state index in [0.717, 1.165) is 35.9 Å². The average Bonchev–Trinajstić information content (AvgIpc) is 3.30. The van der Waals surface area contributed by atoms with Gasteiger partial charge in [-0.1, -0.05) is 40.2 Å². The maximum atomic E-state index is 13.2. The van der Waals surface area contributed by atoms with Crippen LogP contribution >= 0.6 is 0 Å². The standard InChI is InChI=1S/C28H40N2O5/c1-17-8-7-12-28(5)23(35-28)15-22(19-9-10-21-20(14-19)29-16-30(21)6)34-24(31)11-13-27(3,4)26(33)18(2)25(17)32/h9-10,14,16-18,22-23,25,32H,7-8,11-13,15H2,1-6H3/t17-,18+,22?,23?,25?,28+/m0/s1. The summed E-state index contributed by atoms with van der Waals surface area (Å²) in [5, 5.41) is 10.8. The average molecular weight is 485 g/mol. The topological polar surface area (TPSA) is 94.0 Å². The second kappa shape index (κ2) is 9.66. The van der Waals surface area contributed by atoms with E-state index in [-0.39, 0.29) is 35.8 Å². The van der Waals surface area contributed by atoms with Crippen LogP contribution in [0, 0.1) is 17.3 Å². The third kappa shape index (κ3) is 5.46. The van der Waals surface area contributed by atoms with Crippen molar-refractivity contribution >= 4 is 22.8 Å². The maximum absolute atomic E-state index is 13.2. The second-order valence-electron chi connectivity index (χ2n) is 11.6. The summed E-state index contributed by atoms with van der Waals surface area (Å²) in [6, 6.07) is 6.00. The Kier molecular flexibility index (Phi) is 7.13. The van der Waals surface area contributed by atoms with Crippen LogP contribution in [-0.2, 0) is 26.1 Å². The zero-order chi connectivity index (χ0) is 25.5. The molecule has 2 fully saturated rings. The Balaban J connectivity index is 1.58. The Bertz CT molecular complexity index is 1090. The maximum Gasteiger partial charge on any atom is 0.306 e. The van der Waals surface area contributed by atoms with Gasteiger partial charge in [-0.15, -0.1) is 0 Å². The summed E-state index contributed by atoms with van der Waals surface area (Å²) < 4.78 is 14.1. The predicted octanol–water partition coefficient (Wildman–Crippen LogP) is 4.90. The molecule has 7 nitrogen and oxygen atoms in total. The molecule has 35 heavy (non-hydrogen) atoms. The number of epoxide rings is 1. The molecule has 0 spiro atoms. The highest BCUT2D eigenvalue weighted by molar-refractivity contribution is 5.87. The summed E-state index contributed by atoms with van der Waals surface area (Å²) in [6.07, 6.45) is 4.34. The van der Waals surface area contributed by atoms with Gasteiger partial charge in [0, 0.05) is 31.2 Å². The highest BCUT2D eigenvalue weighted by atomic mass is 16.6. The number of rotatable bonds is 1. The largest absolute Gasteiger partial charge is 0.457 e. The van der Waals surface area contributed by atoms with Crippen LogP contribution in [0.15, 0.2) is 24.5 Å². The number of aliphatic hydroxyl groups is 1. The third-order valence-electron chi connectivity index (χ3n) is 8.32. The van der Waals surface area contributed by atoms with Gasteiger partial charge in [0.1, 0.15) is 11.9 Å². The lowest BCUT2D eigenvalue weighted by molar-refractivity contribution is -0.151. The number of carbonyl (C=O) groups is 2. The first-order valence-corrected chi connectivity index (χ1v) is 12.9. The number of benzene rings is 1. The van der Waals surface area contributed by atoms with Gasteiger partial charge in [-0.25, -0.2) is 4.98 Å². The van der Waals surface area contributed by atoms with Crippen LogP contribution < -0.4 is 0 Å². The minimum absolute atomic E-state index is 0.00445. The van der Waals surface area contributed by atoms with Crippen molar-refractivity contribution in [3.63, 3.8) is 0 Å². The number of aromatic nitrogens is 2. The molecular formula is C28H40N2O5. The molecule has 0 aliphatic carbocycles. The minimum Gasteiger partial charge on any atom is -0.457 e. The van der Waals surface area contributed by atoms with Gasteiger partial charge in [0.25, 0.3) is 0 Å². The molecule has 2 saturated heterocycles. The summed E-state index contributed by atoms with van der Waals surface area (Å²) in [4.78, 5) is 30.6. The van der Waals surface area contributed by atoms with Crippen molar-refractivity contribution in [3.05, 3.63) is 30.1 Å². The number of fused-ring (bicyclic) bond motifs is 2. The molecule has 0 amide bonds. The molecule has 2 aliphatic heterocycles. The molecule has 192 valence electrons. The zero-order valence-electron chi connectivity index (χ0n) is 21.9. The molecule has 1 aromatic heterocycles. The Morgan fingerprint density at radius 3 is 2.63 bits per heavy atom. The molecule has 2 aromatic rings. The van der Waals surface area contributed by atoms with E-state index in [1.54, 1.807) is 13.3 Å². The van der Waals surface area contributed by atoms with Crippen molar-refractivity contribution in [1.82, 2.24) is 9.55 Å². The van der Waals surface area contributed by atoms with Gasteiger partial charge in [0.05, 0.1) is 35.2 Å². The molecule has 2 aliphatic rings. The van der Waals surface area contributed by atoms with Gasteiger partial charge >= 0.3 is 5.97 Å². The smallest absolute Gasteiger partial charge is 0.306 e. The Labute approximate surface area is 208 Å². The number of carbonyl (C=O) groups excluding carboxylic acids is 2. The van der Waals surface area contributed by atoms with Gasteiger partial charge in [0.2, 0.25) is 0 Å². The number of aryl methyl sites for hydroxylation is 1. The molecule has 0 radical (unpaired) electrons. The van der Waals surface area contributed by atoms with Crippen LogP contribution in [0.1, 0.15) is 84.8 Å². The van der Waals surface area contributed by atoms with Crippen molar-refractivity contribution < 1.29 is 24.2 Å². The number of imidazole rings is 1. The SMILES string of the molecule is C[C@H]1CCC[C@@]2(C)OC2CC(c2ccc3c(c2)ncn3C)OC(=O)CCC(C)(C)C(=O)[C@H](C)C1O. The minimum atomic E-state index is -0.725. The van der Waals surface area contributed by atoms with Gasteiger partial charge in [0.15, 0.2) is 0 Å². The molecule has 3 unspecified atom stereocenters. The zero-order valence-corrected chi connectivity index (χ0v) is 21.9. The van der Waals surface area contributed by atoms with Gasteiger partial charge in [-0.2, -0.15) is 0 Å². The fraction of sp³-hybridized carbons (Fsp3) is 0.679. The molecule has 7 heteroatoms. The highest BCUT2D eigenvalue weighted by Gasteiger charge is 2.52. The van der Waals surface area contributed by atoms with Crippen LogP contribution in [0.4, 0.5) is 0 Å². The van der Waals surface area contributed by atoms with E-state index in [0.29, 0.717) is 12.8 Å². The van der Waals surface area contributed by atoms with Crippen molar-refractivity contribution in [3.8, 4) is 0 Å². The van der Waals surface area contributed by atoms with E-state index in [1.807, 2.05) is 50.6 Å². The summed E-state index contributed by atoms with van der Waals surface area (Å²) >= 11 is 0. The van der Waals surface area contributed by atoms with Gasteiger partial charge in [-0.05, 0) is 49.8 Å². The first-order valence-electron chi connectivity index (χ1n) is 12.9. The highest BCUT2D eigenvalue weighted by Crippen LogP contribution is 2.46. The van der Waals surface area contributed by atoms with Crippen LogP contribution in [-0.4, -0.2) is 44.2 Å².